The second-order valence-corrected chi connectivity index (χ2v) is 5.38. The summed E-state index contributed by atoms with van der Waals surface area (Å²) in [5.41, 5.74) is 1.06. The molecule has 4 heteroatoms. The van der Waals surface area contributed by atoms with E-state index in [-0.39, 0.29) is 0 Å². The molecule has 2 heterocycles. The van der Waals surface area contributed by atoms with Crippen LogP contribution in [-0.2, 0) is 6.42 Å². The molecule has 90 valence electrons. The average molecular weight is 248 g/mol. The quantitative estimate of drug-likeness (QED) is 0.826. The van der Waals surface area contributed by atoms with Crippen molar-refractivity contribution in [1.82, 2.24) is 9.97 Å². The van der Waals surface area contributed by atoms with Gasteiger partial charge in [-0.25, -0.2) is 4.98 Å². The third-order valence-electron chi connectivity index (χ3n) is 2.36. The summed E-state index contributed by atoms with van der Waals surface area (Å²) >= 11 is 1.62. The van der Waals surface area contributed by atoms with Gasteiger partial charge in [0.15, 0.2) is 0 Å². The van der Waals surface area contributed by atoms with Crippen LogP contribution in [0.15, 0.2) is 39.1 Å². The largest absolute Gasteiger partial charge is 0.468 e. The maximum atomic E-state index is 5.29. The van der Waals surface area contributed by atoms with Crippen LogP contribution >= 0.6 is 11.8 Å². The Morgan fingerprint density at radius 2 is 2.06 bits per heavy atom. The molecule has 2 rings (SSSR count). The fraction of sp³-hybridized carbons (Fsp3) is 0.385. The Labute approximate surface area is 106 Å². The molecule has 0 radical (unpaired) electrons. The van der Waals surface area contributed by atoms with Gasteiger partial charge >= 0.3 is 0 Å². The number of rotatable bonds is 4. The molecule has 0 spiro atoms. The normalized spacial score (nSPS) is 11.1. The summed E-state index contributed by atoms with van der Waals surface area (Å²) in [6.07, 6.45) is 6.15. The molecule has 0 aliphatic carbocycles. The van der Waals surface area contributed by atoms with Crippen LogP contribution in [0.25, 0.3) is 0 Å². The number of nitrogens with zero attached hydrogens (tertiary/aromatic N) is 2. The molecule has 0 aliphatic rings. The van der Waals surface area contributed by atoms with Gasteiger partial charge < -0.3 is 4.42 Å². The maximum absolute atomic E-state index is 5.29. The first-order valence-corrected chi connectivity index (χ1v) is 6.50. The minimum Gasteiger partial charge on any atom is -0.468 e. The Hall–Kier alpha value is -1.29. The van der Waals surface area contributed by atoms with E-state index in [4.69, 9.17) is 4.42 Å². The molecule has 3 nitrogen and oxygen atoms in total. The van der Waals surface area contributed by atoms with Crippen molar-refractivity contribution in [3.63, 3.8) is 0 Å². The van der Waals surface area contributed by atoms with E-state index >= 15 is 0 Å². The molecule has 0 amide bonds. The first-order valence-electron chi connectivity index (χ1n) is 5.68. The third kappa shape index (κ3) is 3.09. The molecular weight excluding hydrogens is 232 g/mol. The predicted molar refractivity (Wildman–Crippen MR) is 68.1 cm³/mol. The Kier molecular flexibility index (Phi) is 3.84. The Bertz CT molecular complexity index is 494. The van der Waals surface area contributed by atoms with E-state index in [1.54, 1.807) is 30.4 Å². The molecule has 0 saturated carbocycles. The van der Waals surface area contributed by atoms with Crippen molar-refractivity contribution in [1.29, 1.82) is 0 Å². The van der Waals surface area contributed by atoms with Gasteiger partial charge in [0.2, 0.25) is 0 Å². The summed E-state index contributed by atoms with van der Waals surface area (Å²) in [6.45, 7) is 6.33. The fourth-order valence-electron chi connectivity index (χ4n) is 1.55. The highest BCUT2D eigenvalue weighted by molar-refractivity contribution is 7.99. The van der Waals surface area contributed by atoms with Crippen molar-refractivity contribution in [3.05, 3.63) is 36.2 Å². The van der Waals surface area contributed by atoms with Crippen LogP contribution in [0.3, 0.4) is 0 Å². The van der Waals surface area contributed by atoms with E-state index in [0.29, 0.717) is 5.92 Å². The number of aryl methyl sites for hydroxylation is 1. The van der Waals surface area contributed by atoms with Gasteiger partial charge in [0.05, 0.1) is 16.9 Å². The summed E-state index contributed by atoms with van der Waals surface area (Å²) < 4.78 is 5.29. The summed E-state index contributed by atoms with van der Waals surface area (Å²) in [5.74, 6) is 1.51. The molecule has 17 heavy (non-hydrogen) atoms. The van der Waals surface area contributed by atoms with E-state index in [1.165, 1.54) is 0 Å². The van der Waals surface area contributed by atoms with Gasteiger partial charge in [0.25, 0.3) is 0 Å². The van der Waals surface area contributed by atoms with Crippen molar-refractivity contribution < 1.29 is 4.42 Å². The number of aromatic nitrogens is 2. The van der Waals surface area contributed by atoms with Gasteiger partial charge in [-0.3, -0.25) is 4.98 Å². The van der Waals surface area contributed by atoms with E-state index in [9.17, 15) is 0 Å². The number of hydrogen-bond acceptors (Lipinski definition) is 4. The van der Waals surface area contributed by atoms with Crippen molar-refractivity contribution in [2.75, 3.05) is 0 Å². The van der Waals surface area contributed by atoms with Crippen molar-refractivity contribution >= 4 is 11.8 Å². The molecule has 0 unspecified atom stereocenters. The molecule has 0 N–H and O–H groups in total. The SMILES string of the molecule is Cc1occc1Sc1nccnc1CC(C)C. The van der Waals surface area contributed by atoms with E-state index in [0.717, 1.165) is 27.8 Å². The number of furan rings is 1. The molecule has 0 saturated heterocycles. The van der Waals surface area contributed by atoms with Crippen molar-refractivity contribution in [2.24, 2.45) is 5.92 Å². The van der Waals surface area contributed by atoms with Crippen LogP contribution in [0.1, 0.15) is 25.3 Å². The lowest BCUT2D eigenvalue weighted by Gasteiger charge is -2.08. The van der Waals surface area contributed by atoms with E-state index in [1.807, 2.05) is 13.0 Å². The second kappa shape index (κ2) is 5.36. The second-order valence-electron chi connectivity index (χ2n) is 4.35. The van der Waals surface area contributed by atoms with E-state index in [2.05, 4.69) is 23.8 Å². The van der Waals surface area contributed by atoms with Crippen molar-refractivity contribution in [3.8, 4) is 0 Å². The highest BCUT2D eigenvalue weighted by Crippen LogP contribution is 2.31. The molecule has 0 aliphatic heterocycles. The van der Waals surface area contributed by atoms with Crippen LogP contribution in [0.5, 0.6) is 0 Å². The highest BCUT2D eigenvalue weighted by Gasteiger charge is 2.11. The van der Waals surface area contributed by atoms with Gasteiger partial charge in [0.1, 0.15) is 10.8 Å². The summed E-state index contributed by atoms with van der Waals surface area (Å²) in [7, 11) is 0. The smallest absolute Gasteiger partial charge is 0.122 e. The zero-order valence-electron chi connectivity index (χ0n) is 10.3. The van der Waals surface area contributed by atoms with Gasteiger partial charge in [-0.15, -0.1) is 0 Å². The first-order chi connectivity index (χ1) is 8.16. The van der Waals surface area contributed by atoms with Crippen molar-refractivity contribution in [2.45, 2.75) is 37.1 Å². The lowest BCUT2D eigenvalue weighted by Crippen LogP contribution is -2.00. The summed E-state index contributed by atoms with van der Waals surface area (Å²) in [6, 6.07) is 1.97. The zero-order valence-corrected chi connectivity index (χ0v) is 11.1. The molecular formula is C13H16N2OS. The van der Waals surface area contributed by atoms with Crippen LogP contribution in [0, 0.1) is 12.8 Å². The molecule has 0 aromatic carbocycles. The minimum absolute atomic E-state index is 0.580. The van der Waals surface area contributed by atoms with Gasteiger partial charge in [-0.1, -0.05) is 25.6 Å². The van der Waals surface area contributed by atoms with Crippen LogP contribution in [-0.4, -0.2) is 9.97 Å². The predicted octanol–water partition coefficient (Wildman–Crippen LogP) is 3.73. The molecule has 2 aromatic heterocycles. The first kappa shape index (κ1) is 12.2. The zero-order chi connectivity index (χ0) is 12.3. The van der Waals surface area contributed by atoms with E-state index < -0.39 is 0 Å². The fourth-order valence-corrected chi connectivity index (χ4v) is 2.44. The third-order valence-corrected chi connectivity index (χ3v) is 3.53. The molecule has 2 aromatic rings. The van der Waals surface area contributed by atoms with Gasteiger partial charge in [-0.2, -0.15) is 0 Å². The highest BCUT2D eigenvalue weighted by atomic mass is 32.2. The lowest BCUT2D eigenvalue weighted by atomic mass is 10.1. The van der Waals surface area contributed by atoms with Gasteiger partial charge in [-0.05, 0) is 25.3 Å². The van der Waals surface area contributed by atoms with Crippen LogP contribution in [0.4, 0.5) is 0 Å². The summed E-state index contributed by atoms with van der Waals surface area (Å²) in [4.78, 5) is 9.93. The Balaban J connectivity index is 2.23. The molecule has 0 fully saturated rings. The number of hydrogen-bond donors (Lipinski definition) is 0. The van der Waals surface area contributed by atoms with Crippen LogP contribution < -0.4 is 0 Å². The van der Waals surface area contributed by atoms with Crippen LogP contribution in [0.2, 0.25) is 0 Å². The maximum Gasteiger partial charge on any atom is 0.122 e. The minimum atomic E-state index is 0.580. The Morgan fingerprint density at radius 3 is 2.71 bits per heavy atom. The summed E-state index contributed by atoms with van der Waals surface area (Å²) in [5, 5.41) is 0.978. The monoisotopic (exact) mass is 248 g/mol. The average Bonchev–Trinajstić information content (AvgIpc) is 2.67. The Morgan fingerprint density at radius 1 is 1.29 bits per heavy atom. The lowest BCUT2D eigenvalue weighted by molar-refractivity contribution is 0.527. The topological polar surface area (TPSA) is 38.9 Å². The molecule has 0 bridgehead atoms. The van der Waals surface area contributed by atoms with Gasteiger partial charge in [0, 0.05) is 12.4 Å². The standard InChI is InChI=1S/C13H16N2OS/c1-9(2)8-11-13(15-6-5-14-11)17-12-4-7-16-10(12)3/h4-7,9H,8H2,1-3H3. The molecule has 0 atom stereocenters.